The molecule has 0 fully saturated rings. The molecule has 0 aromatic heterocycles. The van der Waals surface area contributed by atoms with E-state index in [1.165, 1.54) is 0 Å². The Morgan fingerprint density at radius 2 is 2.07 bits per heavy atom. The van der Waals surface area contributed by atoms with Gasteiger partial charge < -0.3 is 12.9 Å². The Balaban J connectivity index is -0.000000845. The summed E-state index contributed by atoms with van der Waals surface area (Å²) < 4.78 is 20.6. The second-order valence-corrected chi connectivity index (χ2v) is 3.84. The summed E-state index contributed by atoms with van der Waals surface area (Å²) in [5.41, 5.74) is 10.9. The van der Waals surface area contributed by atoms with E-state index in [0.29, 0.717) is 19.6 Å². The fourth-order valence-corrected chi connectivity index (χ4v) is 1.56. The van der Waals surface area contributed by atoms with Crippen molar-refractivity contribution in [1.29, 1.82) is 0 Å². The molecule has 5 nitrogen and oxygen atoms in total. The Morgan fingerprint density at radius 3 is 2.60 bits per heavy atom. The van der Waals surface area contributed by atoms with E-state index >= 15 is 0 Å². The van der Waals surface area contributed by atoms with E-state index in [2.05, 4.69) is 0 Å². The van der Waals surface area contributed by atoms with Gasteiger partial charge in [-0.15, -0.1) is 9.05 Å². The fourth-order valence-electron chi connectivity index (χ4n) is 0.966. The molecule has 0 aliphatic heterocycles. The number of unbranched alkanes of at least 4 members (excludes halogenated alkanes) is 2. The molecule has 2 atom stereocenters. The Kier molecular flexibility index (Phi) is 15.9. The first kappa shape index (κ1) is 18.3. The Labute approximate surface area is 116 Å². The molecule has 0 amide bonds. The van der Waals surface area contributed by atoms with Crippen molar-refractivity contribution in [2.75, 3.05) is 13.2 Å². The molecule has 0 radical (unpaired) electrons. The summed E-state index contributed by atoms with van der Waals surface area (Å²) >= 11 is 0. The van der Waals surface area contributed by atoms with Crippen molar-refractivity contribution < 1.29 is 44.6 Å². The average molecular weight is 247 g/mol. The van der Waals surface area contributed by atoms with Crippen LogP contribution in [0.2, 0.25) is 0 Å². The minimum atomic E-state index is -2.04. The minimum Gasteiger partial charge on any atom is -1.00 e. The predicted octanol–water partition coefficient (Wildman–Crippen LogP) is -1.38. The van der Waals surface area contributed by atoms with Gasteiger partial charge in [-0.1, -0.05) is 6.42 Å². The molecule has 86 valence electrons. The summed E-state index contributed by atoms with van der Waals surface area (Å²) in [4.78, 5) is 0. The van der Waals surface area contributed by atoms with Gasteiger partial charge in [0.05, 0.1) is 0 Å². The number of nitrogens with two attached hydrogens (primary N) is 2. The van der Waals surface area contributed by atoms with Gasteiger partial charge in [0.15, 0.2) is 6.23 Å². The van der Waals surface area contributed by atoms with E-state index in [-0.39, 0.29) is 31.0 Å². The van der Waals surface area contributed by atoms with Gasteiger partial charge in [-0.05, 0) is 32.7 Å². The van der Waals surface area contributed by atoms with Crippen LogP contribution in [0, 0.1) is 0 Å². The third-order valence-corrected chi connectivity index (χ3v) is 2.56. The maximum Gasteiger partial charge on any atom is 1.00 e. The van der Waals surface area contributed by atoms with Crippen LogP contribution in [0.25, 0.3) is 0 Å². The molecule has 0 heterocycles. The van der Waals surface area contributed by atoms with Crippen molar-refractivity contribution in [3.05, 3.63) is 0 Å². The van der Waals surface area contributed by atoms with Crippen molar-refractivity contribution in [2.24, 2.45) is 11.5 Å². The monoisotopic (exact) mass is 247 g/mol. The van der Waals surface area contributed by atoms with Crippen LogP contribution < -0.4 is 41.0 Å². The molecule has 7 heteroatoms. The third-order valence-electron chi connectivity index (χ3n) is 1.65. The number of hydrogen-bond donors (Lipinski definition) is 2. The van der Waals surface area contributed by atoms with E-state index in [0.717, 1.165) is 19.3 Å². The third kappa shape index (κ3) is 12.9. The van der Waals surface area contributed by atoms with Gasteiger partial charge in [0.1, 0.15) is 6.61 Å². The van der Waals surface area contributed by atoms with Gasteiger partial charge in [0.25, 0.3) is 0 Å². The van der Waals surface area contributed by atoms with Gasteiger partial charge in [0.2, 0.25) is 0 Å². The van der Waals surface area contributed by atoms with Crippen molar-refractivity contribution in [1.82, 2.24) is 0 Å². The standard InChI is InChI=1S/C8H20N2O3P.Na.H/c1-2-12-14(11)13-8(10)6-4-3-5-7-9;;/h8H,2-7,9-10H2,1H3;;/q2*+1;-1. The van der Waals surface area contributed by atoms with Crippen LogP contribution in [0.15, 0.2) is 0 Å². The number of rotatable bonds is 9. The maximum atomic E-state index is 10.9. The second kappa shape index (κ2) is 13.0. The SMILES string of the molecule is CCO[P+](=O)OC(N)CCCCCN.[H-].[Na+]. The van der Waals surface area contributed by atoms with Crippen molar-refractivity contribution in [3.8, 4) is 0 Å². The van der Waals surface area contributed by atoms with Crippen LogP contribution in [0.4, 0.5) is 0 Å². The van der Waals surface area contributed by atoms with Gasteiger partial charge >= 0.3 is 37.8 Å². The number of hydrogen-bond acceptors (Lipinski definition) is 5. The van der Waals surface area contributed by atoms with Crippen LogP contribution in [0.3, 0.4) is 0 Å². The zero-order valence-electron chi connectivity index (χ0n) is 10.6. The molecule has 0 saturated carbocycles. The van der Waals surface area contributed by atoms with Crippen LogP contribution in [-0.4, -0.2) is 19.4 Å². The molecular weight excluding hydrogens is 226 g/mol. The first-order valence-electron chi connectivity index (χ1n) is 4.93. The Bertz CT molecular complexity index is 168. The quantitative estimate of drug-likeness (QED) is 0.227. The summed E-state index contributed by atoms with van der Waals surface area (Å²) in [6, 6.07) is 0. The van der Waals surface area contributed by atoms with Gasteiger partial charge in [-0.25, -0.2) is 0 Å². The predicted molar refractivity (Wildman–Crippen MR) is 56.9 cm³/mol. The summed E-state index contributed by atoms with van der Waals surface area (Å²) in [6.45, 7) is 2.82. The van der Waals surface area contributed by atoms with Gasteiger partial charge in [-0.2, -0.15) is 0 Å². The topological polar surface area (TPSA) is 87.6 Å². The first-order chi connectivity index (χ1) is 6.70. The summed E-state index contributed by atoms with van der Waals surface area (Å²) in [6.07, 6.45) is 3.15. The fraction of sp³-hybridized carbons (Fsp3) is 1.00. The van der Waals surface area contributed by atoms with E-state index in [4.69, 9.17) is 20.5 Å². The zero-order chi connectivity index (χ0) is 10.8. The van der Waals surface area contributed by atoms with Crippen molar-refractivity contribution in [3.63, 3.8) is 0 Å². The van der Waals surface area contributed by atoms with Crippen LogP contribution in [-0.2, 0) is 13.6 Å². The molecule has 0 aromatic rings. The largest absolute Gasteiger partial charge is 1.00 e. The van der Waals surface area contributed by atoms with Crippen LogP contribution in [0.5, 0.6) is 0 Å². The molecule has 0 aromatic carbocycles. The molecule has 0 aliphatic rings. The molecule has 0 spiro atoms. The normalized spacial score (nSPS) is 13.1. The van der Waals surface area contributed by atoms with E-state index in [1.807, 2.05) is 0 Å². The first-order valence-corrected chi connectivity index (χ1v) is 6.02. The Morgan fingerprint density at radius 1 is 1.40 bits per heavy atom. The maximum absolute atomic E-state index is 10.9. The van der Waals surface area contributed by atoms with Crippen molar-refractivity contribution >= 4 is 8.25 Å². The smallest absolute Gasteiger partial charge is 1.00 e. The Hall–Kier alpha value is 0.940. The molecule has 2 unspecified atom stereocenters. The minimum absolute atomic E-state index is 0. The molecule has 0 rings (SSSR count). The van der Waals surface area contributed by atoms with Crippen LogP contribution >= 0.6 is 8.25 Å². The molecule has 15 heavy (non-hydrogen) atoms. The average Bonchev–Trinajstić information content (AvgIpc) is 2.13. The molecule has 4 N–H and O–H groups in total. The van der Waals surface area contributed by atoms with Gasteiger partial charge in [0, 0.05) is 4.57 Å². The zero-order valence-corrected chi connectivity index (χ0v) is 12.5. The van der Waals surface area contributed by atoms with Crippen LogP contribution in [0.1, 0.15) is 34.0 Å². The molecule has 0 bridgehead atoms. The van der Waals surface area contributed by atoms with Gasteiger partial charge in [-0.3, -0.25) is 0 Å². The van der Waals surface area contributed by atoms with E-state index in [1.54, 1.807) is 6.92 Å². The summed E-state index contributed by atoms with van der Waals surface area (Å²) in [5, 5.41) is 0. The molecule has 0 saturated heterocycles. The summed E-state index contributed by atoms with van der Waals surface area (Å²) in [7, 11) is -2.04. The summed E-state index contributed by atoms with van der Waals surface area (Å²) in [5.74, 6) is 0. The van der Waals surface area contributed by atoms with Crippen molar-refractivity contribution in [2.45, 2.75) is 38.8 Å². The van der Waals surface area contributed by atoms with E-state index < -0.39 is 14.5 Å². The second-order valence-electron chi connectivity index (χ2n) is 2.92. The molecule has 0 aliphatic carbocycles. The molecular formula is C8H21N2NaO3P+. The van der Waals surface area contributed by atoms with E-state index in [9.17, 15) is 4.57 Å².